The van der Waals surface area contributed by atoms with Gasteiger partial charge in [-0.15, -0.1) is 12.4 Å². The zero-order chi connectivity index (χ0) is 19.9. The van der Waals surface area contributed by atoms with Crippen molar-refractivity contribution in [2.75, 3.05) is 0 Å². The molecule has 0 saturated heterocycles. The highest BCUT2D eigenvalue weighted by Gasteiger charge is 2.09. The van der Waals surface area contributed by atoms with E-state index in [0.29, 0.717) is 28.4 Å². The number of halogens is 1. The Morgan fingerprint density at radius 2 is 1.52 bits per heavy atom. The van der Waals surface area contributed by atoms with E-state index >= 15 is 0 Å². The van der Waals surface area contributed by atoms with Crippen molar-refractivity contribution in [3.8, 4) is 17.9 Å². The van der Waals surface area contributed by atoms with Gasteiger partial charge in [0.2, 0.25) is 0 Å². The molecule has 3 aromatic carbocycles. The first kappa shape index (κ1) is 21.5. The highest BCUT2D eigenvalue weighted by atomic mass is 35.5. The average molecular weight is 403 g/mol. The molecule has 0 saturated carbocycles. The Balaban J connectivity index is 0.00000300. The molecule has 0 heterocycles. The van der Waals surface area contributed by atoms with Crippen LogP contribution in [0.25, 0.3) is 0 Å². The SMILES string of the molecule is C[C@@H](Oc1cccc(C(N)=Nc2ccc(C#N)cc2)c1)c1ccc(C#N)cc1.Cl. The zero-order valence-corrected chi connectivity index (χ0v) is 16.6. The minimum absolute atomic E-state index is 0. The summed E-state index contributed by atoms with van der Waals surface area (Å²) in [6, 6.07) is 25.8. The van der Waals surface area contributed by atoms with E-state index in [0.717, 1.165) is 11.1 Å². The van der Waals surface area contributed by atoms with Gasteiger partial charge in [-0.25, -0.2) is 4.99 Å². The van der Waals surface area contributed by atoms with Crippen molar-refractivity contribution in [3.05, 3.63) is 95.1 Å². The van der Waals surface area contributed by atoms with E-state index in [9.17, 15) is 0 Å². The number of ether oxygens (including phenoxy) is 1. The maximum Gasteiger partial charge on any atom is 0.131 e. The van der Waals surface area contributed by atoms with Gasteiger partial charge in [-0.3, -0.25) is 0 Å². The number of aliphatic imine (C=N–C) groups is 1. The maximum absolute atomic E-state index is 8.90. The van der Waals surface area contributed by atoms with Gasteiger partial charge in [0.25, 0.3) is 0 Å². The van der Waals surface area contributed by atoms with Gasteiger partial charge in [0, 0.05) is 5.56 Å². The fourth-order valence-electron chi connectivity index (χ4n) is 2.64. The third-order valence-corrected chi connectivity index (χ3v) is 4.20. The van der Waals surface area contributed by atoms with Gasteiger partial charge in [0.15, 0.2) is 0 Å². The van der Waals surface area contributed by atoms with Crippen molar-refractivity contribution in [1.29, 1.82) is 10.5 Å². The van der Waals surface area contributed by atoms with E-state index in [4.69, 9.17) is 21.0 Å². The Labute approximate surface area is 176 Å². The van der Waals surface area contributed by atoms with Gasteiger partial charge in [0.05, 0.1) is 29.0 Å². The van der Waals surface area contributed by atoms with E-state index < -0.39 is 0 Å². The van der Waals surface area contributed by atoms with Gasteiger partial charge in [0.1, 0.15) is 17.7 Å². The number of nitrogens with zero attached hydrogens (tertiary/aromatic N) is 3. The molecule has 0 aliphatic rings. The van der Waals surface area contributed by atoms with Crippen molar-refractivity contribution >= 4 is 23.9 Å². The standard InChI is InChI=1S/C23H18N4O.ClH/c1-16(19-9-5-17(14-24)6-10-19)28-22-4-2-3-20(13-22)23(26)27-21-11-7-18(15-25)8-12-21;/h2-13,16H,1H3,(H2,26,27);1H/t16-;/m1./s1. The van der Waals surface area contributed by atoms with Gasteiger partial charge < -0.3 is 10.5 Å². The summed E-state index contributed by atoms with van der Waals surface area (Å²) in [5.41, 5.74) is 9.72. The maximum atomic E-state index is 8.90. The molecule has 3 rings (SSSR count). The Morgan fingerprint density at radius 3 is 2.10 bits per heavy atom. The monoisotopic (exact) mass is 402 g/mol. The number of hydrogen-bond donors (Lipinski definition) is 1. The van der Waals surface area contributed by atoms with Crippen LogP contribution in [-0.2, 0) is 0 Å². The minimum atomic E-state index is -0.181. The second-order valence-electron chi connectivity index (χ2n) is 6.18. The molecule has 0 amide bonds. The van der Waals surface area contributed by atoms with Gasteiger partial charge in [-0.2, -0.15) is 10.5 Å². The minimum Gasteiger partial charge on any atom is -0.486 e. The summed E-state index contributed by atoms with van der Waals surface area (Å²) in [6.07, 6.45) is -0.181. The van der Waals surface area contributed by atoms with E-state index in [-0.39, 0.29) is 18.5 Å². The summed E-state index contributed by atoms with van der Waals surface area (Å²) in [4.78, 5) is 4.40. The van der Waals surface area contributed by atoms with Crippen LogP contribution in [0.5, 0.6) is 5.75 Å². The first-order chi connectivity index (χ1) is 13.6. The van der Waals surface area contributed by atoms with Gasteiger partial charge in [-0.1, -0.05) is 24.3 Å². The first-order valence-corrected chi connectivity index (χ1v) is 8.70. The molecule has 144 valence electrons. The molecular formula is C23H19ClN4O. The molecular weight excluding hydrogens is 384 g/mol. The van der Waals surface area contributed by atoms with Crippen LogP contribution in [0.2, 0.25) is 0 Å². The third kappa shape index (κ3) is 5.59. The summed E-state index contributed by atoms with van der Waals surface area (Å²) < 4.78 is 6.02. The Bertz CT molecular complexity index is 1080. The molecule has 0 unspecified atom stereocenters. The molecule has 0 aliphatic carbocycles. The fraction of sp³-hybridized carbons (Fsp3) is 0.0870. The van der Waals surface area contributed by atoms with Crippen LogP contribution in [0.15, 0.2) is 77.8 Å². The molecule has 2 N–H and O–H groups in total. The first-order valence-electron chi connectivity index (χ1n) is 8.70. The van der Waals surface area contributed by atoms with Crippen molar-refractivity contribution in [3.63, 3.8) is 0 Å². The Morgan fingerprint density at radius 1 is 0.931 bits per heavy atom. The highest BCUT2D eigenvalue weighted by Crippen LogP contribution is 2.23. The fourth-order valence-corrected chi connectivity index (χ4v) is 2.64. The number of rotatable bonds is 5. The molecule has 6 heteroatoms. The molecule has 0 bridgehead atoms. The van der Waals surface area contributed by atoms with Crippen LogP contribution in [0, 0.1) is 22.7 Å². The van der Waals surface area contributed by atoms with E-state index in [1.807, 2.05) is 43.3 Å². The summed E-state index contributed by atoms with van der Waals surface area (Å²) >= 11 is 0. The van der Waals surface area contributed by atoms with Crippen LogP contribution in [0.4, 0.5) is 5.69 Å². The molecule has 0 spiro atoms. The summed E-state index contributed by atoms with van der Waals surface area (Å²) in [7, 11) is 0. The third-order valence-electron chi connectivity index (χ3n) is 4.20. The van der Waals surface area contributed by atoms with E-state index in [1.165, 1.54) is 0 Å². The lowest BCUT2D eigenvalue weighted by Gasteiger charge is -2.16. The second kappa shape index (κ2) is 9.94. The molecule has 3 aromatic rings. The van der Waals surface area contributed by atoms with Crippen LogP contribution in [0.1, 0.15) is 35.3 Å². The molecule has 5 nitrogen and oxygen atoms in total. The predicted octanol–water partition coefficient (Wildman–Crippen LogP) is 5.03. The second-order valence-corrected chi connectivity index (χ2v) is 6.18. The quantitative estimate of drug-likeness (QED) is 0.478. The summed E-state index contributed by atoms with van der Waals surface area (Å²) in [6.45, 7) is 1.95. The lowest BCUT2D eigenvalue weighted by Crippen LogP contribution is -2.13. The summed E-state index contributed by atoms with van der Waals surface area (Å²) in [5.74, 6) is 1.04. The van der Waals surface area contributed by atoms with Crippen molar-refractivity contribution in [1.82, 2.24) is 0 Å². The highest BCUT2D eigenvalue weighted by molar-refractivity contribution is 5.99. The molecule has 0 aliphatic heterocycles. The van der Waals surface area contributed by atoms with Crippen molar-refractivity contribution in [2.24, 2.45) is 10.7 Å². The van der Waals surface area contributed by atoms with Crippen molar-refractivity contribution < 1.29 is 4.74 Å². The Hall–Kier alpha value is -3.80. The average Bonchev–Trinajstić information content (AvgIpc) is 2.74. The molecule has 0 radical (unpaired) electrons. The largest absolute Gasteiger partial charge is 0.486 e. The van der Waals surface area contributed by atoms with Crippen LogP contribution < -0.4 is 10.5 Å². The lowest BCUT2D eigenvalue weighted by atomic mass is 10.1. The molecule has 0 aromatic heterocycles. The van der Waals surface area contributed by atoms with Crippen LogP contribution in [0.3, 0.4) is 0 Å². The molecule has 29 heavy (non-hydrogen) atoms. The smallest absolute Gasteiger partial charge is 0.131 e. The normalized spacial score (nSPS) is 11.5. The lowest BCUT2D eigenvalue weighted by molar-refractivity contribution is 0.227. The van der Waals surface area contributed by atoms with E-state index in [1.54, 1.807) is 36.4 Å². The predicted molar refractivity (Wildman–Crippen MR) is 115 cm³/mol. The van der Waals surface area contributed by atoms with Gasteiger partial charge >= 0.3 is 0 Å². The zero-order valence-electron chi connectivity index (χ0n) is 15.7. The topological polar surface area (TPSA) is 95.2 Å². The summed E-state index contributed by atoms with van der Waals surface area (Å²) in [5, 5.41) is 17.8. The van der Waals surface area contributed by atoms with Crippen LogP contribution >= 0.6 is 12.4 Å². The number of nitrogens with two attached hydrogens (primary N) is 1. The van der Waals surface area contributed by atoms with Crippen LogP contribution in [-0.4, -0.2) is 5.84 Å². The number of hydrogen-bond acceptors (Lipinski definition) is 4. The Kier molecular flexibility index (Phi) is 7.37. The number of nitriles is 2. The molecule has 1 atom stereocenters. The van der Waals surface area contributed by atoms with Crippen molar-refractivity contribution in [2.45, 2.75) is 13.0 Å². The number of amidine groups is 1. The van der Waals surface area contributed by atoms with Gasteiger partial charge in [-0.05, 0) is 61.0 Å². The number of benzene rings is 3. The molecule has 0 fully saturated rings. The van der Waals surface area contributed by atoms with E-state index in [2.05, 4.69) is 17.1 Å².